The summed E-state index contributed by atoms with van der Waals surface area (Å²) in [6.07, 6.45) is 2.86. The molecule has 0 fully saturated rings. The number of para-hydroxylation sites is 1. The highest BCUT2D eigenvalue weighted by molar-refractivity contribution is 7.18. The van der Waals surface area contributed by atoms with Gasteiger partial charge in [-0.3, -0.25) is 4.79 Å². The molecule has 3 aromatic heterocycles. The van der Waals surface area contributed by atoms with Crippen LogP contribution >= 0.6 is 11.3 Å². The molecule has 1 amide bonds. The highest BCUT2D eigenvalue weighted by Crippen LogP contribution is 2.23. The Morgan fingerprint density at radius 3 is 2.62 bits per heavy atom. The molecule has 5 rings (SSSR count). The van der Waals surface area contributed by atoms with E-state index in [1.807, 2.05) is 53.9 Å². The highest BCUT2D eigenvalue weighted by atomic mass is 32.1. The fraction of sp³-hybridized carbons (Fsp3) is 0.280. The van der Waals surface area contributed by atoms with Gasteiger partial charge in [0.15, 0.2) is 5.65 Å². The van der Waals surface area contributed by atoms with Gasteiger partial charge in [0, 0.05) is 36.2 Å². The number of hydrogen-bond acceptors (Lipinski definition) is 5. The Balaban J connectivity index is 1.18. The van der Waals surface area contributed by atoms with Crippen LogP contribution in [0.3, 0.4) is 0 Å². The number of nitrogens with zero attached hydrogens (tertiary/aromatic N) is 4. The van der Waals surface area contributed by atoms with Crippen molar-refractivity contribution in [3.05, 3.63) is 70.5 Å². The second-order valence-corrected chi connectivity index (χ2v) is 9.16. The second kappa shape index (κ2) is 8.67. The number of aromatic nitrogens is 4. The van der Waals surface area contributed by atoms with E-state index in [0.29, 0.717) is 19.4 Å². The van der Waals surface area contributed by atoms with Gasteiger partial charge in [0.2, 0.25) is 5.91 Å². The molecule has 0 aliphatic carbocycles. The van der Waals surface area contributed by atoms with Gasteiger partial charge in [-0.05, 0) is 56.5 Å². The number of hydrogen-bond donors (Lipinski definition) is 1. The Morgan fingerprint density at radius 2 is 1.78 bits per heavy atom. The molecule has 0 radical (unpaired) electrons. The summed E-state index contributed by atoms with van der Waals surface area (Å²) >= 11 is 1.73. The molecule has 0 bridgehead atoms. The molecule has 0 aliphatic heterocycles. The summed E-state index contributed by atoms with van der Waals surface area (Å²) in [4.78, 5) is 21.9. The van der Waals surface area contributed by atoms with Crippen molar-refractivity contribution in [1.29, 1.82) is 0 Å². The van der Waals surface area contributed by atoms with E-state index in [0.717, 1.165) is 56.9 Å². The summed E-state index contributed by atoms with van der Waals surface area (Å²) in [6, 6.07) is 16.2. The predicted molar refractivity (Wildman–Crippen MR) is 129 cm³/mol. The van der Waals surface area contributed by atoms with Crippen molar-refractivity contribution in [3.8, 4) is 0 Å². The zero-order chi connectivity index (χ0) is 22.1. The molecule has 6 nitrogen and oxygen atoms in total. The van der Waals surface area contributed by atoms with Crippen LogP contribution in [0, 0.1) is 13.8 Å². The summed E-state index contributed by atoms with van der Waals surface area (Å²) in [5.41, 5.74) is 5.97. The summed E-state index contributed by atoms with van der Waals surface area (Å²) in [6.45, 7) is 4.73. The predicted octanol–water partition coefficient (Wildman–Crippen LogP) is 4.79. The minimum absolute atomic E-state index is 0.0684. The van der Waals surface area contributed by atoms with Gasteiger partial charge < -0.3 is 5.32 Å². The average molecular weight is 444 g/mol. The fourth-order valence-corrected chi connectivity index (χ4v) is 5.17. The lowest BCUT2D eigenvalue weighted by Crippen LogP contribution is -2.25. The Hall–Kier alpha value is -3.32. The Kier molecular flexibility index (Phi) is 5.57. The first-order valence-electron chi connectivity index (χ1n) is 10.9. The van der Waals surface area contributed by atoms with Gasteiger partial charge in [-0.25, -0.2) is 14.5 Å². The third-order valence-electron chi connectivity index (χ3n) is 5.85. The van der Waals surface area contributed by atoms with Crippen molar-refractivity contribution in [2.45, 2.75) is 39.5 Å². The Labute approximate surface area is 190 Å². The minimum Gasteiger partial charge on any atom is -0.356 e. The monoisotopic (exact) mass is 443 g/mol. The number of carbonyl (C=O) groups excluding carboxylic acids is 1. The fourth-order valence-electron chi connectivity index (χ4n) is 4.16. The molecule has 0 aliphatic rings. The van der Waals surface area contributed by atoms with Gasteiger partial charge in [0.25, 0.3) is 0 Å². The van der Waals surface area contributed by atoms with E-state index >= 15 is 0 Å². The van der Waals surface area contributed by atoms with Crippen LogP contribution in [0.4, 0.5) is 0 Å². The van der Waals surface area contributed by atoms with Gasteiger partial charge in [-0.1, -0.05) is 24.3 Å². The topological polar surface area (TPSA) is 72.2 Å². The molecule has 3 heterocycles. The largest absolute Gasteiger partial charge is 0.356 e. The van der Waals surface area contributed by atoms with E-state index < -0.39 is 0 Å². The van der Waals surface area contributed by atoms with E-state index in [1.165, 1.54) is 4.70 Å². The third-order valence-corrected chi connectivity index (χ3v) is 6.94. The third kappa shape index (κ3) is 3.96. The number of benzene rings is 2. The zero-order valence-corrected chi connectivity index (χ0v) is 19.1. The lowest BCUT2D eigenvalue weighted by molar-refractivity contribution is -0.121. The maximum atomic E-state index is 12.4. The van der Waals surface area contributed by atoms with Crippen LogP contribution in [0.15, 0.2) is 48.5 Å². The van der Waals surface area contributed by atoms with Crippen LogP contribution in [0.1, 0.15) is 34.8 Å². The van der Waals surface area contributed by atoms with Crippen molar-refractivity contribution < 1.29 is 4.79 Å². The summed E-state index contributed by atoms with van der Waals surface area (Å²) in [5, 5.41) is 9.92. The molecule has 0 atom stereocenters. The molecule has 0 unspecified atom stereocenters. The maximum absolute atomic E-state index is 12.4. The molecule has 0 spiro atoms. The molecule has 162 valence electrons. The number of amides is 1. The quantitative estimate of drug-likeness (QED) is 0.367. The van der Waals surface area contributed by atoms with Gasteiger partial charge in [0.05, 0.1) is 20.7 Å². The molecule has 1 N–H and O–H groups in total. The number of fused-ring (bicyclic) bond motifs is 4. The zero-order valence-electron chi connectivity index (χ0n) is 18.3. The Morgan fingerprint density at radius 1 is 1.00 bits per heavy atom. The van der Waals surface area contributed by atoms with Crippen molar-refractivity contribution in [2.75, 3.05) is 6.54 Å². The molecule has 0 saturated heterocycles. The molecule has 32 heavy (non-hydrogen) atoms. The first-order valence-corrected chi connectivity index (χ1v) is 11.8. The van der Waals surface area contributed by atoms with E-state index in [4.69, 9.17) is 10.1 Å². The van der Waals surface area contributed by atoms with E-state index in [9.17, 15) is 4.79 Å². The normalized spacial score (nSPS) is 11.6. The highest BCUT2D eigenvalue weighted by Gasteiger charge is 2.15. The molecular formula is C25H25N5OS. The summed E-state index contributed by atoms with van der Waals surface area (Å²) in [5.74, 6) is 0.0684. The SMILES string of the molecule is Cc1nc2c3ccccc3nn2c(C)c1CCC(=O)NCCCc1nc2ccccc2s1. The second-order valence-electron chi connectivity index (χ2n) is 8.04. The van der Waals surface area contributed by atoms with Gasteiger partial charge in [-0.15, -0.1) is 11.3 Å². The van der Waals surface area contributed by atoms with E-state index in [2.05, 4.69) is 23.3 Å². The number of carbonyl (C=O) groups is 1. The summed E-state index contributed by atoms with van der Waals surface area (Å²) < 4.78 is 3.12. The average Bonchev–Trinajstić information content (AvgIpc) is 3.38. The number of aryl methyl sites for hydroxylation is 3. The minimum atomic E-state index is 0.0684. The van der Waals surface area contributed by atoms with E-state index in [-0.39, 0.29) is 5.91 Å². The van der Waals surface area contributed by atoms with Crippen LogP contribution in [-0.2, 0) is 17.6 Å². The number of nitrogens with one attached hydrogen (secondary N) is 1. The van der Waals surface area contributed by atoms with Crippen LogP contribution in [0.25, 0.3) is 26.8 Å². The van der Waals surface area contributed by atoms with E-state index in [1.54, 1.807) is 11.3 Å². The van der Waals surface area contributed by atoms with Gasteiger partial charge >= 0.3 is 0 Å². The molecule has 0 saturated carbocycles. The van der Waals surface area contributed by atoms with Crippen molar-refractivity contribution >= 4 is 44.0 Å². The Bertz CT molecular complexity index is 1400. The molecule has 5 aromatic rings. The van der Waals surface area contributed by atoms with Crippen molar-refractivity contribution in [3.63, 3.8) is 0 Å². The molecular weight excluding hydrogens is 418 g/mol. The molecule has 2 aromatic carbocycles. The standard InChI is InChI=1S/C25H25N5OS/c1-16-18(17(2)30-25(27-16)19-8-3-4-9-20(19)29-30)13-14-23(31)26-15-7-12-24-28-21-10-5-6-11-22(21)32-24/h3-6,8-11H,7,12-15H2,1-2H3,(H,26,31). The van der Waals surface area contributed by atoms with Crippen LogP contribution in [0.5, 0.6) is 0 Å². The van der Waals surface area contributed by atoms with Gasteiger partial charge in [-0.2, -0.15) is 5.10 Å². The van der Waals surface area contributed by atoms with Crippen molar-refractivity contribution in [1.82, 2.24) is 24.9 Å². The van der Waals surface area contributed by atoms with Crippen molar-refractivity contribution in [2.24, 2.45) is 0 Å². The van der Waals surface area contributed by atoms with Crippen LogP contribution in [-0.4, -0.2) is 32.0 Å². The van der Waals surface area contributed by atoms with Crippen LogP contribution in [0.2, 0.25) is 0 Å². The maximum Gasteiger partial charge on any atom is 0.220 e. The first-order chi connectivity index (χ1) is 15.6. The number of thiazole rings is 1. The van der Waals surface area contributed by atoms with Crippen LogP contribution < -0.4 is 5.32 Å². The first kappa shape index (κ1) is 20.6. The summed E-state index contributed by atoms with van der Waals surface area (Å²) in [7, 11) is 0. The number of rotatable bonds is 7. The lowest BCUT2D eigenvalue weighted by Gasteiger charge is -2.11. The molecule has 7 heteroatoms. The smallest absolute Gasteiger partial charge is 0.220 e. The van der Waals surface area contributed by atoms with Gasteiger partial charge in [0.1, 0.15) is 0 Å². The lowest BCUT2D eigenvalue weighted by atomic mass is 10.1.